The van der Waals surface area contributed by atoms with Gasteiger partial charge in [0.25, 0.3) is 5.91 Å². The molecule has 7 heteroatoms. The molecule has 1 aromatic carbocycles. The number of aromatic nitrogens is 2. The zero-order valence-corrected chi connectivity index (χ0v) is 11.9. The van der Waals surface area contributed by atoms with Crippen LogP contribution in [0.4, 0.5) is 4.39 Å². The van der Waals surface area contributed by atoms with Gasteiger partial charge in [-0.05, 0) is 18.2 Å². The molecule has 0 unspecified atom stereocenters. The Labute approximate surface area is 125 Å². The summed E-state index contributed by atoms with van der Waals surface area (Å²) in [5.74, 6) is -1.86. The van der Waals surface area contributed by atoms with E-state index in [1.807, 2.05) is 0 Å². The van der Waals surface area contributed by atoms with E-state index in [1.165, 1.54) is 27.8 Å². The number of hydrogen-bond donors (Lipinski definition) is 1. The highest BCUT2D eigenvalue weighted by Crippen LogP contribution is 2.23. The second-order valence-electron chi connectivity index (χ2n) is 5.19. The van der Waals surface area contributed by atoms with Crippen molar-refractivity contribution in [1.29, 1.82) is 0 Å². The fraction of sp³-hybridized carbons (Fsp3) is 0.267. The molecule has 3 rings (SSSR count). The fourth-order valence-corrected chi connectivity index (χ4v) is 2.75. The van der Waals surface area contributed by atoms with E-state index in [9.17, 15) is 19.1 Å². The molecule has 1 aliphatic rings. The Morgan fingerprint density at radius 3 is 2.82 bits per heavy atom. The summed E-state index contributed by atoms with van der Waals surface area (Å²) < 4.78 is 14.6. The van der Waals surface area contributed by atoms with Crippen LogP contribution in [-0.4, -0.2) is 38.2 Å². The third-order valence-corrected chi connectivity index (χ3v) is 3.76. The molecule has 1 aliphatic heterocycles. The highest BCUT2D eigenvalue weighted by molar-refractivity contribution is 5.95. The lowest BCUT2D eigenvalue weighted by molar-refractivity contribution is 0.0669. The predicted octanol–water partition coefficient (Wildman–Crippen LogP) is 1.46. The molecule has 0 spiro atoms. The van der Waals surface area contributed by atoms with E-state index in [-0.39, 0.29) is 23.7 Å². The van der Waals surface area contributed by atoms with Crippen LogP contribution < -0.4 is 0 Å². The second kappa shape index (κ2) is 5.25. The molecule has 0 bridgehead atoms. The average molecular weight is 303 g/mol. The molecular formula is C15H14FN3O3. The van der Waals surface area contributed by atoms with Gasteiger partial charge in [-0.15, -0.1) is 0 Å². The number of fused-ring (bicyclic) bond motifs is 1. The van der Waals surface area contributed by atoms with Gasteiger partial charge in [-0.2, -0.15) is 5.10 Å². The number of aryl methyl sites for hydroxylation is 1. The highest BCUT2D eigenvalue weighted by atomic mass is 19.1. The number of nitrogens with zero attached hydrogens (tertiary/aromatic N) is 3. The number of hydrogen-bond acceptors (Lipinski definition) is 3. The largest absolute Gasteiger partial charge is 0.477 e. The molecule has 0 fully saturated rings. The SMILES string of the molecule is Cn1nc2c(c1C(=O)O)CN(C(=O)c1cccc(F)c1)CC2. The first-order valence-electron chi connectivity index (χ1n) is 6.80. The van der Waals surface area contributed by atoms with Gasteiger partial charge in [0.15, 0.2) is 5.69 Å². The monoisotopic (exact) mass is 303 g/mol. The first-order valence-corrected chi connectivity index (χ1v) is 6.80. The number of benzene rings is 1. The summed E-state index contributed by atoms with van der Waals surface area (Å²) in [6.45, 7) is 0.596. The minimum absolute atomic E-state index is 0.0896. The van der Waals surface area contributed by atoms with Crippen LogP contribution in [0.15, 0.2) is 24.3 Å². The van der Waals surface area contributed by atoms with Gasteiger partial charge >= 0.3 is 5.97 Å². The summed E-state index contributed by atoms with van der Waals surface area (Å²) in [5, 5.41) is 13.5. The molecule has 0 saturated heterocycles. The van der Waals surface area contributed by atoms with E-state index in [2.05, 4.69) is 5.10 Å². The summed E-state index contributed by atoms with van der Waals surface area (Å²) >= 11 is 0. The Morgan fingerprint density at radius 2 is 2.14 bits per heavy atom. The molecule has 2 heterocycles. The van der Waals surface area contributed by atoms with E-state index in [0.29, 0.717) is 24.2 Å². The highest BCUT2D eigenvalue weighted by Gasteiger charge is 2.29. The Hall–Kier alpha value is -2.70. The van der Waals surface area contributed by atoms with Crippen LogP contribution in [0, 0.1) is 5.82 Å². The minimum Gasteiger partial charge on any atom is -0.477 e. The summed E-state index contributed by atoms with van der Waals surface area (Å²) in [6.07, 6.45) is 0.484. The number of carbonyl (C=O) groups is 2. The summed E-state index contributed by atoms with van der Waals surface area (Å²) in [7, 11) is 1.57. The van der Waals surface area contributed by atoms with Crippen molar-refractivity contribution < 1.29 is 19.1 Å². The smallest absolute Gasteiger partial charge is 0.354 e. The van der Waals surface area contributed by atoms with Gasteiger partial charge in [0.2, 0.25) is 0 Å². The molecule has 114 valence electrons. The van der Waals surface area contributed by atoms with E-state index >= 15 is 0 Å². The number of carboxylic acids is 1. The van der Waals surface area contributed by atoms with Crippen molar-refractivity contribution in [3.8, 4) is 0 Å². The van der Waals surface area contributed by atoms with Gasteiger partial charge in [-0.25, -0.2) is 9.18 Å². The molecular weight excluding hydrogens is 289 g/mol. The number of amides is 1. The normalized spacial score (nSPS) is 13.8. The summed E-state index contributed by atoms with van der Waals surface area (Å²) in [6, 6.07) is 5.47. The van der Waals surface area contributed by atoms with Crippen molar-refractivity contribution in [3.05, 3.63) is 52.6 Å². The molecule has 0 radical (unpaired) electrons. The maximum atomic E-state index is 13.2. The number of halogens is 1. The minimum atomic E-state index is -1.07. The molecule has 1 amide bonds. The predicted molar refractivity (Wildman–Crippen MR) is 75.0 cm³/mol. The van der Waals surface area contributed by atoms with Gasteiger partial charge in [0, 0.05) is 31.1 Å². The lowest BCUT2D eigenvalue weighted by atomic mass is 10.0. The Kier molecular flexibility index (Phi) is 3.40. The van der Waals surface area contributed by atoms with Crippen molar-refractivity contribution in [3.63, 3.8) is 0 Å². The van der Waals surface area contributed by atoms with Gasteiger partial charge in [-0.1, -0.05) is 6.07 Å². The molecule has 2 aromatic rings. The Bertz CT molecular complexity index is 769. The van der Waals surface area contributed by atoms with Crippen molar-refractivity contribution in [2.75, 3.05) is 6.54 Å². The molecule has 0 saturated carbocycles. The summed E-state index contributed by atoms with van der Waals surface area (Å²) in [4.78, 5) is 25.3. The van der Waals surface area contributed by atoms with Crippen LogP contribution in [0.2, 0.25) is 0 Å². The summed E-state index contributed by atoms with van der Waals surface area (Å²) in [5.41, 5.74) is 1.59. The number of carboxylic acid groups (broad SMARTS) is 1. The van der Waals surface area contributed by atoms with Crippen LogP contribution in [0.3, 0.4) is 0 Å². The zero-order chi connectivity index (χ0) is 15.9. The third-order valence-electron chi connectivity index (χ3n) is 3.76. The lowest BCUT2D eigenvalue weighted by Gasteiger charge is -2.26. The lowest BCUT2D eigenvalue weighted by Crippen LogP contribution is -2.36. The number of carbonyl (C=O) groups excluding carboxylic acids is 1. The topological polar surface area (TPSA) is 75.4 Å². The molecule has 6 nitrogen and oxygen atoms in total. The number of rotatable bonds is 2. The van der Waals surface area contributed by atoms with Crippen LogP contribution in [0.1, 0.15) is 32.1 Å². The van der Waals surface area contributed by atoms with Gasteiger partial charge < -0.3 is 10.0 Å². The molecule has 1 N–H and O–H groups in total. The van der Waals surface area contributed by atoms with Crippen LogP contribution in [-0.2, 0) is 20.0 Å². The average Bonchev–Trinajstić information content (AvgIpc) is 2.81. The van der Waals surface area contributed by atoms with Gasteiger partial charge in [0.1, 0.15) is 5.82 Å². The van der Waals surface area contributed by atoms with Crippen molar-refractivity contribution in [2.24, 2.45) is 7.05 Å². The van der Waals surface area contributed by atoms with E-state index in [1.54, 1.807) is 13.1 Å². The first-order chi connectivity index (χ1) is 10.5. The standard InChI is InChI=1S/C15H14FN3O3/c1-18-13(15(21)22)11-8-19(6-5-12(11)17-18)14(20)9-3-2-4-10(16)7-9/h2-4,7H,5-6,8H2,1H3,(H,21,22). The maximum absolute atomic E-state index is 13.2. The fourth-order valence-electron chi connectivity index (χ4n) is 2.75. The molecule has 0 aliphatic carbocycles. The first kappa shape index (κ1) is 14.2. The van der Waals surface area contributed by atoms with Crippen molar-refractivity contribution >= 4 is 11.9 Å². The van der Waals surface area contributed by atoms with Crippen LogP contribution in [0.5, 0.6) is 0 Å². The Balaban J connectivity index is 1.91. The molecule has 0 atom stereocenters. The van der Waals surface area contributed by atoms with Crippen LogP contribution in [0.25, 0.3) is 0 Å². The quantitative estimate of drug-likeness (QED) is 0.911. The van der Waals surface area contributed by atoms with Crippen LogP contribution >= 0.6 is 0 Å². The number of aromatic carboxylic acids is 1. The third kappa shape index (κ3) is 2.34. The molecule has 1 aromatic heterocycles. The second-order valence-corrected chi connectivity index (χ2v) is 5.19. The van der Waals surface area contributed by atoms with Gasteiger partial charge in [-0.3, -0.25) is 9.48 Å². The van der Waals surface area contributed by atoms with Crippen molar-refractivity contribution in [2.45, 2.75) is 13.0 Å². The van der Waals surface area contributed by atoms with E-state index < -0.39 is 11.8 Å². The van der Waals surface area contributed by atoms with Crippen molar-refractivity contribution in [1.82, 2.24) is 14.7 Å². The zero-order valence-electron chi connectivity index (χ0n) is 11.9. The molecule has 22 heavy (non-hydrogen) atoms. The van der Waals surface area contributed by atoms with E-state index in [4.69, 9.17) is 0 Å². The van der Waals surface area contributed by atoms with Gasteiger partial charge in [0.05, 0.1) is 12.2 Å². The van der Waals surface area contributed by atoms with E-state index in [0.717, 1.165) is 0 Å². The maximum Gasteiger partial charge on any atom is 0.354 e. The Morgan fingerprint density at radius 1 is 1.36 bits per heavy atom.